The Balaban J connectivity index is 3.87. The van der Waals surface area contributed by atoms with Gasteiger partial charge in [-0.1, -0.05) is 27.2 Å². The molecule has 15 heavy (non-hydrogen) atoms. The number of hydrogen-bond acceptors (Lipinski definition) is 3. The Kier molecular flexibility index (Phi) is 5.23. The van der Waals surface area contributed by atoms with Crippen LogP contribution < -0.4 is 5.32 Å². The average Bonchev–Trinajstić information content (AvgIpc) is 2.00. The van der Waals surface area contributed by atoms with Crippen LogP contribution in [0.2, 0.25) is 0 Å². The quantitative estimate of drug-likeness (QED) is 0.670. The monoisotopic (exact) mass is 237 g/mol. The van der Waals surface area contributed by atoms with Crippen LogP contribution in [0.4, 0.5) is 0 Å². The van der Waals surface area contributed by atoms with Gasteiger partial charge < -0.3 is 5.32 Å². The SMILES string of the molecule is CCC(C)(C)CC(=O)NCCS(=O)(=O)O. The number of nitrogens with one attached hydrogen (secondary N) is 1. The molecule has 90 valence electrons. The van der Waals surface area contributed by atoms with E-state index in [1.54, 1.807) is 0 Å². The van der Waals surface area contributed by atoms with E-state index >= 15 is 0 Å². The molecule has 0 aliphatic heterocycles. The van der Waals surface area contributed by atoms with Gasteiger partial charge in [-0.15, -0.1) is 0 Å². The number of rotatable bonds is 6. The second kappa shape index (κ2) is 5.46. The standard InChI is InChI=1S/C9H19NO4S/c1-4-9(2,3)7-8(11)10-5-6-15(12,13)14/h4-7H2,1-3H3,(H,10,11)(H,12,13,14). The maximum atomic E-state index is 11.3. The van der Waals surface area contributed by atoms with E-state index in [9.17, 15) is 13.2 Å². The molecule has 0 aromatic heterocycles. The molecule has 0 atom stereocenters. The highest BCUT2D eigenvalue weighted by atomic mass is 32.2. The van der Waals surface area contributed by atoms with Crippen LogP contribution in [0, 0.1) is 5.41 Å². The summed E-state index contributed by atoms with van der Waals surface area (Å²) < 4.78 is 29.1. The molecule has 0 aromatic rings. The van der Waals surface area contributed by atoms with Crippen molar-refractivity contribution in [3.05, 3.63) is 0 Å². The normalized spacial score (nSPS) is 12.5. The molecule has 2 N–H and O–H groups in total. The van der Waals surface area contributed by atoms with Crippen LogP contribution >= 0.6 is 0 Å². The van der Waals surface area contributed by atoms with Crippen molar-refractivity contribution in [2.75, 3.05) is 12.3 Å². The van der Waals surface area contributed by atoms with E-state index in [-0.39, 0.29) is 17.9 Å². The lowest BCUT2D eigenvalue weighted by molar-refractivity contribution is -0.122. The van der Waals surface area contributed by atoms with Gasteiger partial charge in [0.1, 0.15) is 0 Å². The van der Waals surface area contributed by atoms with Crippen molar-refractivity contribution >= 4 is 16.0 Å². The van der Waals surface area contributed by atoms with Crippen molar-refractivity contribution in [1.82, 2.24) is 5.32 Å². The lowest BCUT2D eigenvalue weighted by atomic mass is 9.86. The smallest absolute Gasteiger partial charge is 0.266 e. The summed E-state index contributed by atoms with van der Waals surface area (Å²) in [5.41, 5.74) is -0.0812. The Bertz CT molecular complexity index is 308. The number of amides is 1. The first-order chi connectivity index (χ1) is 6.66. The van der Waals surface area contributed by atoms with Gasteiger partial charge in [0.05, 0.1) is 5.75 Å². The van der Waals surface area contributed by atoms with Gasteiger partial charge in [-0.05, 0) is 5.41 Å². The summed E-state index contributed by atoms with van der Waals surface area (Å²) >= 11 is 0. The molecule has 0 bridgehead atoms. The van der Waals surface area contributed by atoms with Gasteiger partial charge in [-0.2, -0.15) is 8.42 Å². The largest absolute Gasteiger partial charge is 0.355 e. The molecule has 0 saturated carbocycles. The summed E-state index contributed by atoms with van der Waals surface area (Å²) in [7, 11) is -3.98. The highest BCUT2D eigenvalue weighted by Gasteiger charge is 2.19. The van der Waals surface area contributed by atoms with E-state index in [4.69, 9.17) is 4.55 Å². The van der Waals surface area contributed by atoms with E-state index < -0.39 is 15.9 Å². The molecule has 0 aliphatic carbocycles. The van der Waals surface area contributed by atoms with Crippen LogP contribution in [0.1, 0.15) is 33.6 Å². The first-order valence-corrected chi connectivity index (χ1v) is 6.49. The Morgan fingerprint density at radius 2 is 1.93 bits per heavy atom. The molecule has 0 aromatic carbocycles. The Labute approximate surface area is 91.0 Å². The Morgan fingerprint density at radius 1 is 1.40 bits per heavy atom. The lowest BCUT2D eigenvalue weighted by Crippen LogP contribution is -2.32. The van der Waals surface area contributed by atoms with Crippen molar-refractivity contribution in [1.29, 1.82) is 0 Å². The van der Waals surface area contributed by atoms with Gasteiger partial charge in [0.2, 0.25) is 5.91 Å². The van der Waals surface area contributed by atoms with Gasteiger partial charge in [0, 0.05) is 13.0 Å². The third kappa shape index (κ3) is 8.38. The number of carbonyl (C=O) groups is 1. The molecule has 0 rings (SSSR count). The van der Waals surface area contributed by atoms with E-state index in [0.717, 1.165) is 6.42 Å². The second-order valence-corrected chi connectivity index (χ2v) is 5.90. The summed E-state index contributed by atoms with van der Waals surface area (Å²) in [6.45, 7) is 5.88. The van der Waals surface area contributed by atoms with Gasteiger partial charge in [0.25, 0.3) is 10.1 Å². The second-order valence-electron chi connectivity index (χ2n) is 4.33. The summed E-state index contributed by atoms with van der Waals surface area (Å²) in [6.07, 6.45) is 1.23. The molecule has 0 heterocycles. The van der Waals surface area contributed by atoms with Crippen LogP contribution in [0.5, 0.6) is 0 Å². The van der Waals surface area contributed by atoms with Gasteiger partial charge in [-0.25, -0.2) is 0 Å². The number of carbonyl (C=O) groups excluding carboxylic acids is 1. The van der Waals surface area contributed by atoms with Gasteiger partial charge in [-0.3, -0.25) is 9.35 Å². The fraction of sp³-hybridized carbons (Fsp3) is 0.889. The van der Waals surface area contributed by atoms with E-state index in [0.29, 0.717) is 6.42 Å². The number of hydrogen-bond donors (Lipinski definition) is 2. The minimum Gasteiger partial charge on any atom is -0.355 e. The molecular weight excluding hydrogens is 218 g/mol. The van der Waals surface area contributed by atoms with E-state index in [1.165, 1.54) is 0 Å². The van der Waals surface area contributed by atoms with Gasteiger partial charge in [0.15, 0.2) is 0 Å². The fourth-order valence-electron chi connectivity index (χ4n) is 0.942. The van der Waals surface area contributed by atoms with E-state index in [2.05, 4.69) is 5.32 Å². The molecule has 0 radical (unpaired) electrons. The Hall–Kier alpha value is -0.620. The van der Waals surface area contributed by atoms with Crippen LogP contribution in [0.3, 0.4) is 0 Å². The zero-order valence-electron chi connectivity index (χ0n) is 9.41. The molecular formula is C9H19NO4S. The predicted molar refractivity (Wildman–Crippen MR) is 58.1 cm³/mol. The van der Waals surface area contributed by atoms with Crippen molar-refractivity contribution < 1.29 is 17.8 Å². The van der Waals surface area contributed by atoms with Crippen molar-refractivity contribution in [2.45, 2.75) is 33.6 Å². The van der Waals surface area contributed by atoms with Gasteiger partial charge >= 0.3 is 0 Å². The summed E-state index contributed by atoms with van der Waals surface area (Å²) in [5.74, 6) is -0.629. The van der Waals surface area contributed by atoms with Crippen LogP contribution in [-0.4, -0.2) is 31.2 Å². The first kappa shape index (κ1) is 14.4. The lowest BCUT2D eigenvalue weighted by Gasteiger charge is -2.21. The summed E-state index contributed by atoms with van der Waals surface area (Å²) in [6, 6.07) is 0. The third-order valence-corrected chi connectivity index (χ3v) is 3.00. The highest BCUT2D eigenvalue weighted by molar-refractivity contribution is 7.85. The first-order valence-electron chi connectivity index (χ1n) is 4.88. The van der Waals surface area contributed by atoms with Crippen molar-refractivity contribution in [3.63, 3.8) is 0 Å². The molecule has 5 nitrogen and oxygen atoms in total. The highest BCUT2D eigenvalue weighted by Crippen LogP contribution is 2.23. The molecule has 0 spiro atoms. The molecule has 0 fully saturated rings. The zero-order chi connectivity index (χ0) is 12.1. The predicted octanol–water partition coefficient (Wildman–Crippen LogP) is 0.817. The molecule has 0 unspecified atom stereocenters. The third-order valence-electron chi connectivity index (χ3n) is 2.28. The Morgan fingerprint density at radius 3 is 2.33 bits per heavy atom. The van der Waals surface area contributed by atoms with Crippen LogP contribution in [-0.2, 0) is 14.9 Å². The minimum absolute atomic E-state index is 0.0442. The van der Waals surface area contributed by atoms with Crippen LogP contribution in [0.25, 0.3) is 0 Å². The summed E-state index contributed by atoms with van der Waals surface area (Å²) in [4.78, 5) is 11.3. The average molecular weight is 237 g/mol. The topological polar surface area (TPSA) is 83.5 Å². The molecule has 0 saturated heterocycles. The minimum atomic E-state index is -3.98. The summed E-state index contributed by atoms with van der Waals surface area (Å²) in [5, 5.41) is 2.45. The fourth-order valence-corrected chi connectivity index (χ4v) is 1.30. The maximum Gasteiger partial charge on any atom is 0.266 e. The van der Waals surface area contributed by atoms with Crippen molar-refractivity contribution in [2.24, 2.45) is 5.41 Å². The molecule has 1 amide bonds. The molecule has 0 aliphatic rings. The van der Waals surface area contributed by atoms with E-state index in [1.807, 2.05) is 20.8 Å². The zero-order valence-corrected chi connectivity index (χ0v) is 10.2. The van der Waals surface area contributed by atoms with Crippen molar-refractivity contribution in [3.8, 4) is 0 Å². The maximum absolute atomic E-state index is 11.3. The van der Waals surface area contributed by atoms with Crippen LogP contribution in [0.15, 0.2) is 0 Å². The molecule has 6 heteroatoms.